The second kappa shape index (κ2) is 8.90. The van der Waals surface area contributed by atoms with Crippen molar-refractivity contribution in [3.63, 3.8) is 0 Å². The molecule has 1 unspecified atom stereocenters. The maximum atomic E-state index is 12.7. The number of hydrogen-bond donors (Lipinski definition) is 3. The van der Waals surface area contributed by atoms with Crippen LogP contribution in [0.4, 0.5) is 5.69 Å². The summed E-state index contributed by atoms with van der Waals surface area (Å²) in [7, 11) is -3.40. The number of sulfonamides is 1. The van der Waals surface area contributed by atoms with Crippen molar-refractivity contribution in [1.29, 1.82) is 0 Å². The number of ether oxygens (including phenoxy) is 1. The van der Waals surface area contributed by atoms with Crippen molar-refractivity contribution in [2.24, 2.45) is 0 Å². The molecule has 1 spiro atoms. The van der Waals surface area contributed by atoms with Crippen molar-refractivity contribution >= 4 is 27.5 Å². The molecule has 1 saturated heterocycles. The summed E-state index contributed by atoms with van der Waals surface area (Å²) in [6, 6.07) is 12.9. The molecule has 0 bridgehead atoms. The van der Waals surface area contributed by atoms with E-state index in [9.17, 15) is 23.1 Å². The van der Waals surface area contributed by atoms with Gasteiger partial charge in [-0.2, -0.15) is 4.31 Å². The minimum atomic E-state index is -3.40. The SMILES string of the molecule is CS(=O)(=O)N1CC2(C1)Oc1ccc(C(=O)NCC(O)CN3CCc4ccccc4C3)cc1NC2=O. The fourth-order valence-corrected chi connectivity index (χ4v) is 5.59. The first-order chi connectivity index (χ1) is 16.6. The van der Waals surface area contributed by atoms with Crippen LogP contribution in [-0.4, -0.2) is 85.2 Å². The van der Waals surface area contributed by atoms with Crippen molar-refractivity contribution < 1.29 is 27.9 Å². The Kier molecular flexibility index (Phi) is 6.04. The number of aliphatic hydroxyl groups is 1. The summed E-state index contributed by atoms with van der Waals surface area (Å²) in [6.07, 6.45) is 1.30. The Balaban J connectivity index is 1.15. The van der Waals surface area contributed by atoms with Crippen LogP contribution in [0.15, 0.2) is 42.5 Å². The van der Waals surface area contributed by atoms with Crippen molar-refractivity contribution in [2.45, 2.75) is 24.7 Å². The molecule has 1 fully saturated rings. The van der Waals surface area contributed by atoms with Crippen LogP contribution in [0, 0.1) is 0 Å². The van der Waals surface area contributed by atoms with Crippen LogP contribution in [-0.2, 0) is 27.8 Å². The fourth-order valence-electron chi connectivity index (χ4n) is 4.70. The summed E-state index contributed by atoms with van der Waals surface area (Å²) in [6.45, 7) is 2.07. The largest absolute Gasteiger partial charge is 0.472 e. The summed E-state index contributed by atoms with van der Waals surface area (Å²) in [4.78, 5) is 27.4. The number of β-amino-alcohol motifs (C(OH)–C–C–N with tert-alkyl or cyclic N) is 1. The van der Waals surface area contributed by atoms with Gasteiger partial charge in [-0.25, -0.2) is 8.42 Å². The molecule has 0 saturated carbocycles. The van der Waals surface area contributed by atoms with E-state index < -0.39 is 27.6 Å². The van der Waals surface area contributed by atoms with Crippen LogP contribution in [0.5, 0.6) is 5.75 Å². The average molecular weight is 501 g/mol. The standard InChI is InChI=1S/C24H28N4O6S/c1-35(32,33)28-14-24(15-28)23(31)26-20-10-17(6-7-21(20)34-24)22(30)25-11-19(29)13-27-9-8-16-4-2-3-5-18(16)12-27/h2-7,10,19,29H,8-9,11-15H2,1H3,(H,25,30)(H,26,31). The Morgan fingerprint density at radius 1 is 1.23 bits per heavy atom. The van der Waals surface area contributed by atoms with Gasteiger partial charge >= 0.3 is 0 Å². The van der Waals surface area contributed by atoms with E-state index in [1.165, 1.54) is 21.5 Å². The van der Waals surface area contributed by atoms with E-state index in [2.05, 4.69) is 27.7 Å². The number of nitrogens with zero attached hydrogens (tertiary/aromatic N) is 2. The Bertz CT molecular complexity index is 1270. The zero-order valence-electron chi connectivity index (χ0n) is 19.4. The molecule has 5 rings (SSSR count). The van der Waals surface area contributed by atoms with Crippen LogP contribution in [0.2, 0.25) is 0 Å². The van der Waals surface area contributed by atoms with Crippen LogP contribution >= 0.6 is 0 Å². The predicted octanol–water partition coefficient (Wildman–Crippen LogP) is 0.181. The highest BCUT2D eigenvalue weighted by Crippen LogP contribution is 2.39. The van der Waals surface area contributed by atoms with Gasteiger partial charge in [-0.3, -0.25) is 14.5 Å². The number of carbonyl (C=O) groups is 2. The van der Waals surface area contributed by atoms with Crippen molar-refractivity contribution in [3.8, 4) is 5.75 Å². The highest BCUT2D eigenvalue weighted by molar-refractivity contribution is 7.88. The number of fused-ring (bicyclic) bond motifs is 2. The normalized spacial score (nSPS) is 20.1. The Labute approximate surface area is 203 Å². The Hall–Kier alpha value is -2.99. The first-order valence-electron chi connectivity index (χ1n) is 11.5. The molecule has 2 aromatic carbocycles. The molecule has 10 nitrogen and oxygen atoms in total. The quantitative estimate of drug-likeness (QED) is 0.516. The lowest BCUT2D eigenvalue weighted by atomic mass is 9.93. The molecular formula is C24H28N4O6S. The minimum Gasteiger partial charge on any atom is -0.472 e. The van der Waals surface area contributed by atoms with Gasteiger partial charge in [-0.1, -0.05) is 24.3 Å². The van der Waals surface area contributed by atoms with Gasteiger partial charge < -0.3 is 20.5 Å². The molecule has 0 aliphatic carbocycles. The summed E-state index contributed by atoms with van der Waals surface area (Å²) in [5.41, 5.74) is 2.01. The number of nitrogens with one attached hydrogen (secondary N) is 2. The molecule has 2 amide bonds. The van der Waals surface area contributed by atoms with Gasteiger partial charge in [-0.15, -0.1) is 0 Å². The molecule has 0 radical (unpaired) electrons. The smallest absolute Gasteiger partial charge is 0.271 e. The van der Waals surface area contributed by atoms with E-state index >= 15 is 0 Å². The molecule has 11 heteroatoms. The van der Waals surface area contributed by atoms with Gasteiger partial charge in [0, 0.05) is 31.7 Å². The minimum absolute atomic E-state index is 0.0557. The molecule has 3 N–H and O–H groups in total. The van der Waals surface area contributed by atoms with E-state index in [0.717, 1.165) is 25.8 Å². The summed E-state index contributed by atoms with van der Waals surface area (Å²) < 4.78 is 30.3. The van der Waals surface area contributed by atoms with Gasteiger partial charge in [0.15, 0.2) is 0 Å². The van der Waals surface area contributed by atoms with E-state index in [1.807, 2.05) is 12.1 Å². The van der Waals surface area contributed by atoms with Crippen molar-refractivity contribution in [1.82, 2.24) is 14.5 Å². The average Bonchev–Trinajstić information content (AvgIpc) is 2.79. The lowest BCUT2D eigenvalue weighted by Gasteiger charge is -2.48. The number of amides is 2. The van der Waals surface area contributed by atoms with Crippen LogP contribution in [0.3, 0.4) is 0 Å². The Morgan fingerprint density at radius 2 is 1.97 bits per heavy atom. The molecule has 3 aliphatic heterocycles. The van der Waals surface area contributed by atoms with Crippen LogP contribution in [0.1, 0.15) is 21.5 Å². The van der Waals surface area contributed by atoms with E-state index in [4.69, 9.17) is 4.74 Å². The van der Waals surface area contributed by atoms with Crippen molar-refractivity contribution in [3.05, 3.63) is 59.2 Å². The molecule has 186 valence electrons. The lowest BCUT2D eigenvalue weighted by molar-refractivity contribution is -0.142. The molecule has 3 heterocycles. The second-order valence-electron chi connectivity index (χ2n) is 9.41. The highest BCUT2D eigenvalue weighted by atomic mass is 32.2. The predicted molar refractivity (Wildman–Crippen MR) is 129 cm³/mol. The summed E-state index contributed by atoms with van der Waals surface area (Å²) in [5.74, 6) is -0.446. The third kappa shape index (κ3) is 4.76. The van der Waals surface area contributed by atoms with Crippen LogP contribution < -0.4 is 15.4 Å². The van der Waals surface area contributed by atoms with Crippen molar-refractivity contribution in [2.75, 3.05) is 44.3 Å². The van der Waals surface area contributed by atoms with E-state index in [1.54, 1.807) is 12.1 Å². The topological polar surface area (TPSA) is 128 Å². The molecular weight excluding hydrogens is 472 g/mol. The monoisotopic (exact) mass is 500 g/mol. The number of anilines is 1. The van der Waals surface area contributed by atoms with Gasteiger partial charge in [0.1, 0.15) is 5.75 Å². The fraction of sp³-hybridized carbons (Fsp3) is 0.417. The highest BCUT2D eigenvalue weighted by Gasteiger charge is 2.56. The number of hydrogen-bond acceptors (Lipinski definition) is 7. The lowest BCUT2D eigenvalue weighted by Crippen LogP contribution is -2.72. The van der Waals surface area contributed by atoms with Gasteiger partial charge in [0.25, 0.3) is 11.8 Å². The number of carbonyl (C=O) groups excluding carboxylic acids is 2. The zero-order chi connectivity index (χ0) is 24.8. The number of rotatable bonds is 6. The second-order valence-corrected chi connectivity index (χ2v) is 11.4. The molecule has 3 aliphatic rings. The van der Waals surface area contributed by atoms with E-state index in [0.29, 0.717) is 23.5 Å². The number of benzene rings is 2. The van der Waals surface area contributed by atoms with Crippen LogP contribution in [0.25, 0.3) is 0 Å². The maximum Gasteiger partial charge on any atom is 0.271 e. The molecule has 35 heavy (non-hydrogen) atoms. The molecule has 0 aromatic heterocycles. The number of aliphatic hydroxyl groups excluding tert-OH is 1. The third-order valence-electron chi connectivity index (χ3n) is 6.72. The van der Waals surface area contributed by atoms with E-state index in [-0.39, 0.29) is 25.5 Å². The van der Waals surface area contributed by atoms with Gasteiger partial charge in [0.2, 0.25) is 15.6 Å². The maximum absolute atomic E-state index is 12.7. The Morgan fingerprint density at radius 3 is 2.71 bits per heavy atom. The first-order valence-corrected chi connectivity index (χ1v) is 13.3. The zero-order valence-corrected chi connectivity index (χ0v) is 20.2. The van der Waals surface area contributed by atoms with Gasteiger partial charge in [0.05, 0.1) is 31.1 Å². The summed E-state index contributed by atoms with van der Waals surface area (Å²) in [5, 5.41) is 15.9. The first kappa shape index (κ1) is 23.7. The summed E-state index contributed by atoms with van der Waals surface area (Å²) >= 11 is 0. The van der Waals surface area contributed by atoms with Gasteiger partial charge in [-0.05, 0) is 35.7 Å². The molecule has 1 atom stereocenters. The third-order valence-corrected chi connectivity index (χ3v) is 7.91. The molecule has 2 aromatic rings.